The van der Waals surface area contributed by atoms with Crippen molar-refractivity contribution in [1.82, 2.24) is 9.80 Å². The van der Waals surface area contributed by atoms with Crippen molar-refractivity contribution in [1.29, 1.82) is 0 Å². The molecule has 0 unspecified atom stereocenters. The molecule has 0 radical (unpaired) electrons. The fourth-order valence-corrected chi connectivity index (χ4v) is 3.51. The largest absolute Gasteiger partial charge is 0.448 e. The minimum Gasteiger partial charge on any atom is -0.448 e. The van der Waals surface area contributed by atoms with Crippen LogP contribution in [-0.2, 0) is 6.54 Å². The first kappa shape index (κ1) is 16.8. The van der Waals surface area contributed by atoms with Gasteiger partial charge in [0, 0.05) is 43.7 Å². The number of fused-ring (bicyclic) bond motifs is 1. The maximum absolute atomic E-state index is 13.9. The van der Waals surface area contributed by atoms with Crippen molar-refractivity contribution in [3.63, 3.8) is 0 Å². The van der Waals surface area contributed by atoms with E-state index in [1.807, 2.05) is 25.1 Å². The summed E-state index contributed by atoms with van der Waals surface area (Å²) in [5, 5.41) is 0.663. The molecule has 1 amide bonds. The number of para-hydroxylation sites is 1. The van der Waals surface area contributed by atoms with Gasteiger partial charge in [-0.05, 0) is 18.6 Å². The molecule has 2 heterocycles. The molecule has 1 aromatic heterocycles. The summed E-state index contributed by atoms with van der Waals surface area (Å²) in [6.45, 7) is 5.61. The molecule has 0 aliphatic carbocycles. The molecule has 134 valence electrons. The number of furan rings is 1. The number of carbonyl (C=O) groups is 1. The Balaban J connectivity index is 1.45. The number of rotatable bonds is 3. The summed E-state index contributed by atoms with van der Waals surface area (Å²) in [5.41, 5.74) is 2.14. The molecular formula is C21H21FN2O2. The zero-order valence-corrected chi connectivity index (χ0v) is 14.7. The van der Waals surface area contributed by atoms with E-state index in [1.165, 1.54) is 11.6 Å². The standard InChI is InChI=1S/C21H21FN2O2/c1-15-17-8-5-9-18(22)20(17)26-19(15)21(25)24-12-10-23(11-13-24)14-16-6-3-2-4-7-16/h2-9H,10-14H2,1H3. The van der Waals surface area contributed by atoms with Gasteiger partial charge in [-0.3, -0.25) is 9.69 Å². The Bertz CT molecular complexity index is 928. The van der Waals surface area contributed by atoms with Crippen LogP contribution in [0.25, 0.3) is 11.0 Å². The van der Waals surface area contributed by atoms with E-state index in [2.05, 4.69) is 17.0 Å². The smallest absolute Gasteiger partial charge is 0.289 e. The maximum Gasteiger partial charge on any atom is 0.289 e. The highest BCUT2D eigenvalue weighted by Crippen LogP contribution is 2.28. The van der Waals surface area contributed by atoms with Crippen molar-refractivity contribution >= 4 is 16.9 Å². The molecule has 26 heavy (non-hydrogen) atoms. The van der Waals surface area contributed by atoms with E-state index in [0.29, 0.717) is 24.0 Å². The third-order valence-electron chi connectivity index (χ3n) is 5.02. The molecule has 0 saturated carbocycles. The van der Waals surface area contributed by atoms with Crippen LogP contribution in [0.5, 0.6) is 0 Å². The van der Waals surface area contributed by atoms with Crippen LogP contribution in [0, 0.1) is 12.7 Å². The Morgan fingerprint density at radius 1 is 1.04 bits per heavy atom. The van der Waals surface area contributed by atoms with Gasteiger partial charge in [-0.2, -0.15) is 0 Å². The third-order valence-corrected chi connectivity index (χ3v) is 5.02. The number of carbonyl (C=O) groups excluding carboxylic acids is 1. The van der Waals surface area contributed by atoms with Gasteiger partial charge in [-0.1, -0.05) is 42.5 Å². The quantitative estimate of drug-likeness (QED) is 0.719. The second kappa shape index (κ2) is 6.92. The van der Waals surface area contributed by atoms with Crippen molar-refractivity contribution < 1.29 is 13.6 Å². The molecule has 3 aromatic rings. The second-order valence-electron chi connectivity index (χ2n) is 6.73. The van der Waals surface area contributed by atoms with Crippen LogP contribution in [0.15, 0.2) is 52.9 Å². The first-order valence-corrected chi connectivity index (χ1v) is 8.86. The van der Waals surface area contributed by atoms with E-state index in [9.17, 15) is 9.18 Å². The lowest BCUT2D eigenvalue weighted by Gasteiger charge is -2.34. The van der Waals surface area contributed by atoms with Gasteiger partial charge in [-0.25, -0.2) is 4.39 Å². The van der Waals surface area contributed by atoms with Crippen molar-refractivity contribution in [3.05, 3.63) is 71.2 Å². The van der Waals surface area contributed by atoms with E-state index in [1.54, 1.807) is 17.0 Å². The van der Waals surface area contributed by atoms with Crippen LogP contribution in [0.1, 0.15) is 21.7 Å². The molecule has 2 aromatic carbocycles. The Hall–Kier alpha value is -2.66. The number of hydrogen-bond acceptors (Lipinski definition) is 3. The SMILES string of the molecule is Cc1c(C(=O)N2CCN(Cc3ccccc3)CC2)oc2c(F)cccc12. The number of hydrogen-bond donors (Lipinski definition) is 0. The van der Waals surface area contributed by atoms with E-state index in [0.717, 1.165) is 19.6 Å². The van der Waals surface area contributed by atoms with E-state index in [-0.39, 0.29) is 17.3 Å². The van der Waals surface area contributed by atoms with Gasteiger partial charge in [0.05, 0.1) is 0 Å². The molecule has 0 bridgehead atoms. The van der Waals surface area contributed by atoms with E-state index >= 15 is 0 Å². The monoisotopic (exact) mass is 352 g/mol. The average molecular weight is 352 g/mol. The molecular weight excluding hydrogens is 331 g/mol. The van der Waals surface area contributed by atoms with Crippen molar-refractivity contribution in [2.45, 2.75) is 13.5 Å². The fourth-order valence-electron chi connectivity index (χ4n) is 3.51. The predicted molar refractivity (Wildman–Crippen MR) is 98.5 cm³/mol. The summed E-state index contributed by atoms with van der Waals surface area (Å²) >= 11 is 0. The first-order chi connectivity index (χ1) is 12.6. The van der Waals surface area contributed by atoms with Crippen LogP contribution in [0.2, 0.25) is 0 Å². The molecule has 1 aliphatic rings. The number of piperazine rings is 1. The number of amides is 1. The van der Waals surface area contributed by atoms with Gasteiger partial charge in [-0.15, -0.1) is 0 Å². The number of nitrogens with zero attached hydrogens (tertiary/aromatic N) is 2. The maximum atomic E-state index is 13.9. The first-order valence-electron chi connectivity index (χ1n) is 8.86. The molecule has 4 nitrogen and oxygen atoms in total. The van der Waals surface area contributed by atoms with Gasteiger partial charge in [0.15, 0.2) is 17.2 Å². The second-order valence-corrected chi connectivity index (χ2v) is 6.73. The summed E-state index contributed by atoms with van der Waals surface area (Å²) in [6, 6.07) is 15.1. The topological polar surface area (TPSA) is 36.7 Å². The number of aryl methyl sites for hydroxylation is 1. The normalized spacial score (nSPS) is 15.5. The average Bonchev–Trinajstić information content (AvgIpc) is 3.01. The molecule has 1 aliphatic heterocycles. The Morgan fingerprint density at radius 3 is 2.46 bits per heavy atom. The Labute approximate surface area is 151 Å². The summed E-state index contributed by atoms with van der Waals surface area (Å²) < 4.78 is 19.5. The molecule has 1 saturated heterocycles. The summed E-state index contributed by atoms with van der Waals surface area (Å²) in [6.07, 6.45) is 0. The van der Waals surface area contributed by atoms with Crippen LogP contribution in [0.4, 0.5) is 4.39 Å². The fraction of sp³-hybridized carbons (Fsp3) is 0.286. The zero-order chi connectivity index (χ0) is 18.1. The lowest BCUT2D eigenvalue weighted by Crippen LogP contribution is -2.48. The summed E-state index contributed by atoms with van der Waals surface area (Å²) in [5.74, 6) is -0.337. The van der Waals surface area contributed by atoms with Crippen molar-refractivity contribution in [2.24, 2.45) is 0 Å². The highest BCUT2D eigenvalue weighted by molar-refractivity contribution is 5.99. The lowest BCUT2D eigenvalue weighted by molar-refractivity contribution is 0.0599. The van der Waals surface area contributed by atoms with E-state index < -0.39 is 5.82 Å². The molecule has 0 atom stereocenters. The minimum absolute atomic E-state index is 0.155. The zero-order valence-electron chi connectivity index (χ0n) is 14.7. The number of halogens is 1. The molecule has 0 N–H and O–H groups in total. The van der Waals surface area contributed by atoms with Crippen molar-refractivity contribution in [2.75, 3.05) is 26.2 Å². The summed E-state index contributed by atoms with van der Waals surface area (Å²) in [7, 11) is 0. The van der Waals surface area contributed by atoms with Crippen LogP contribution in [-0.4, -0.2) is 41.9 Å². The Kier molecular flexibility index (Phi) is 4.47. The Morgan fingerprint density at radius 2 is 1.77 bits per heavy atom. The van der Waals surface area contributed by atoms with Crippen LogP contribution < -0.4 is 0 Å². The highest BCUT2D eigenvalue weighted by Gasteiger charge is 2.27. The minimum atomic E-state index is -0.433. The predicted octanol–water partition coefficient (Wildman–Crippen LogP) is 3.84. The van der Waals surface area contributed by atoms with Crippen molar-refractivity contribution in [3.8, 4) is 0 Å². The van der Waals surface area contributed by atoms with E-state index in [4.69, 9.17) is 4.42 Å². The van der Waals surface area contributed by atoms with Gasteiger partial charge in [0.1, 0.15) is 0 Å². The molecule has 1 fully saturated rings. The van der Waals surface area contributed by atoms with Gasteiger partial charge in [0.2, 0.25) is 0 Å². The molecule has 4 rings (SSSR count). The van der Waals surface area contributed by atoms with Crippen LogP contribution in [0.3, 0.4) is 0 Å². The van der Waals surface area contributed by atoms with Gasteiger partial charge in [0.25, 0.3) is 5.91 Å². The van der Waals surface area contributed by atoms with Gasteiger partial charge >= 0.3 is 0 Å². The molecule has 5 heteroatoms. The third kappa shape index (κ3) is 3.10. The highest BCUT2D eigenvalue weighted by atomic mass is 19.1. The summed E-state index contributed by atoms with van der Waals surface area (Å²) in [4.78, 5) is 17.0. The van der Waals surface area contributed by atoms with Gasteiger partial charge < -0.3 is 9.32 Å². The molecule has 0 spiro atoms. The number of benzene rings is 2. The van der Waals surface area contributed by atoms with Crippen LogP contribution >= 0.6 is 0 Å². The lowest BCUT2D eigenvalue weighted by atomic mass is 10.1.